The predicted molar refractivity (Wildman–Crippen MR) is 110 cm³/mol. The highest BCUT2D eigenvalue weighted by Crippen LogP contribution is 2.34. The van der Waals surface area contributed by atoms with Gasteiger partial charge in [-0.3, -0.25) is 0 Å². The summed E-state index contributed by atoms with van der Waals surface area (Å²) >= 11 is 3.59. The van der Waals surface area contributed by atoms with Gasteiger partial charge in [-0.1, -0.05) is 46.3 Å². The number of hydrogen-bond donors (Lipinski definition) is 1. The molecule has 0 aliphatic carbocycles. The van der Waals surface area contributed by atoms with Crippen LogP contribution < -0.4 is 0 Å². The Morgan fingerprint density at radius 3 is 2.44 bits per heavy atom. The van der Waals surface area contributed by atoms with Crippen LogP contribution in [0.3, 0.4) is 0 Å². The zero-order chi connectivity index (χ0) is 18.4. The molecule has 0 amide bonds. The number of imidazole rings is 1. The minimum Gasteiger partial charge on any atom is -0.338 e. The van der Waals surface area contributed by atoms with Crippen LogP contribution in [0.5, 0.6) is 0 Å². The molecule has 0 spiro atoms. The van der Waals surface area contributed by atoms with Crippen LogP contribution >= 0.6 is 15.9 Å². The Hall–Kier alpha value is -3.05. The fraction of sp³-hybridized carbons (Fsp3) is 0. The van der Waals surface area contributed by atoms with Gasteiger partial charge in [0.15, 0.2) is 0 Å². The van der Waals surface area contributed by atoms with Crippen molar-refractivity contribution in [1.29, 1.82) is 0 Å². The number of H-pyrrole nitrogens is 1. The largest absolute Gasteiger partial charge is 0.338 e. The molecule has 0 aliphatic heterocycles. The molecule has 0 aliphatic rings. The quantitative estimate of drug-likeness (QED) is 0.363. The van der Waals surface area contributed by atoms with E-state index in [0.29, 0.717) is 5.82 Å². The molecule has 2 aromatic heterocycles. The Morgan fingerprint density at radius 1 is 0.778 bits per heavy atom. The van der Waals surface area contributed by atoms with E-state index in [1.54, 1.807) is 6.07 Å². The van der Waals surface area contributed by atoms with E-state index in [1.165, 1.54) is 12.1 Å². The van der Waals surface area contributed by atoms with Crippen LogP contribution in [0.4, 0.5) is 4.39 Å². The Morgan fingerprint density at radius 2 is 1.59 bits per heavy atom. The van der Waals surface area contributed by atoms with E-state index >= 15 is 0 Å². The number of nitrogens with one attached hydrogen (secondary N) is 1. The van der Waals surface area contributed by atoms with Gasteiger partial charge < -0.3 is 4.98 Å². The summed E-state index contributed by atoms with van der Waals surface area (Å²) in [6.45, 7) is 0. The molecule has 0 bridgehead atoms. The van der Waals surface area contributed by atoms with Crippen molar-refractivity contribution in [3.63, 3.8) is 0 Å². The van der Waals surface area contributed by atoms with E-state index in [0.717, 1.165) is 43.2 Å². The molecular weight excluding hydrogens is 405 g/mol. The molecule has 0 radical (unpaired) electrons. The number of rotatable bonds is 2. The molecule has 0 fully saturated rings. The molecule has 3 aromatic carbocycles. The van der Waals surface area contributed by atoms with Gasteiger partial charge in [-0.25, -0.2) is 14.4 Å². The number of para-hydroxylation sites is 2. The SMILES string of the molecule is Fc1ccc2nc(-c3ccccc3Br)cc(-c3nc4ccccc4[nH]3)c2c1. The van der Waals surface area contributed by atoms with E-state index in [9.17, 15) is 4.39 Å². The van der Waals surface area contributed by atoms with E-state index in [4.69, 9.17) is 9.97 Å². The normalized spacial score (nSPS) is 11.3. The van der Waals surface area contributed by atoms with Gasteiger partial charge in [0, 0.05) is 21.0 Å². The Kier molecular flexibility index (Phi) is 3.76. The van der Waals surface area contributed by atoms with Gasteiger partial charge >= 0.3 is 0 Å². The van der Waals surface area contributed by atoms with Crippen molar-refractivity contribution in [2.45, 2.75) is 0 Å². The van der Waals surface area contributed by atoms with Crippen molar-refractivity contribution < 1.29 is 4.39 Å². The number of benzene rings is 3. The number of pyridine rings is 1. The molecule has 130 valence electrons. The monoisotopic (exact) mass is 417 g/mol. The average Bonchev–Trinajstić information content (AvgIpc) is 3.11. The molecule has 1 N–H and O–H groups in total. The number of fused-ring (bicyclic) bond motifs is 2. The maximum Gasteiger partial charge on any atom is 0.139 e. The summed E-state index contributed by atoms with van der Waals surface area (Å²) in [7, 11) is 0. The summed E-state index contributed by atoms with van der Waals surface area (Å²) in [5.74, 6) is 0.401. The molecule has 5 rings (SSSR count). The second kappa shape index (κ2) is 6.28. The molecule has 5 heteroatoms. The van der Waals surface area contributed by atoms with Crippen molar-refractivity contribution in [2.75, 3.05) is 0 Å². The first-order valence-corrected chi connectivity index (χ1v) is 9.29. The van der Waals surface area contributed by atoms with Crippen LogP contribution in [0.25, 0.3) is 44.6 Å². The zero-order valence-electron chi connectivity index (χ0n) is 14.1. The molecule has 0 unspecified atom stereocenters. The lowest BCUT2D eigenvalue weighted by Crippen LogP contribution is -1.92. The summed E-state index contributed by atoms with van der Waals surface area (Å²) in [4.78, 5) is 12.8. The van der Waals surface area contributed by atoms with Gasteiger partial charge in [-0.05, 0) is 42.5 Å². The highest BCUT2D eigenvalue weighted by Gasteiger charge is 2.14. The molecule has 0 saturated heterocycles. The zero-order valence-corrected chi connectivity index (χ0v) is 15.7. The van der Waals surface area contributed by atoms with Crippen LogP contribution in [0.15, 0.2) is 77.3 Å². The number of aromatic amines is 1. The number of hydrogen-bond acceptors (Lipinski definition) is 2. The molecule has 2 heterocycles. The van der Waals surface area contributed by atoms with E-state index in [2.05, 4.69) is 20.9 Å². The first-order chi connectivity index (χ1) is 13.2. The van der Waals surface area contributed by atoms with E-state index < -0.39 is 0 Å². The van der Waals surface area contributed by atoms with Gasteiger partial charge in [0.05, 0.1) is 22.2 Å². The molecule has 27 heavy (non-hydrogen) atoms. The van der Waals surface area contributed by atoms with Crippen LogP contribution in [-0.2, 0) is 0 Å². The molecular formula is C22H13BrFN3. The Balaban J connectivity index is 1.83. The van der Waals surface area contributed by atoms with Crippen molar-refractivity contribution in [3.05, 3.63) is 83.1 Å². The molecule has 5 aromatic rings. The molecule has 0 atom stereocenters. The van der Waals surface area contributed by atoms with Crippen LogP contribution in [0.1, 0.15) is 0 Å². The van der Waals surface area contributed by atoms with Crippen molar-refractivity contribution in [3.8, 4) is 22.6 Å². The minimum absolute atomic E-state index is 0.296. The van der Waals surface area contributed by atoms with Crippen molar-refractivity contribution >= 4 is 37.9 Å². The fourth-order valence-corrected chi connectivity index (χ4v) is 3.77. The fourth-order valence-electron chi connectivity index (χ4n) is 3.28. The predicted octanol–water partition coefficient (Wildman–Crippen LogP) is 6.35. The van der Waals surface area contributed by atoms with Gasteiger partial charge in [0.1, 0.15) is 11.6 Å². The number of halogens is 2. The molecule has 3 nitrogen and oxygen atoms in total. The second-order valence-corrected chi connectivity index (χ2v) is 7.15. The maximum absolute atomic E-state index is 14.0. The lowest BCUT2D eigenvalue weighted by atomic mass is 10.0. The summed E-state index contributed by atoms with van der Waals surface area (Å²) < 4.78 is 14.9. The van der Waals surface area contributed by atoms with Gasteiger partial charge in [0.2, 0.25) is 0 Å². The van der Waals surface area contributed by atoms with Crippen LogP contribution in [-0.4, -0.2) is 15.0 Å². The maximum atomic E-state index is 14.0. The number of nitrogens with zero attached hydrogens (tertiary/aromatic N) is 2. The standard InChI is InChI=1S/C22H13BrFN3/c23-17-6-2-1-5-14(17)21-12-16(15-11-13(24)9-10-18(15)25-21)22-26-19-7-3-4-8-20(19)27-22/h1-12H,(H,26,27). The first-order valence-electron chi connectivity index (χ1n) is 8.49. The molecule has 0 saturated carbocycles. The first kappa shape index (κ1) is 16.1. The third kappa shape index (κ3) is 2.80. The third-order valence-electron chi connectivity index (χ3n) is 4.57. The topological polar surface area (TPSA) is 41.6 Å². The van der Waals surface area contributed by atoms with Gasteiger partial charge in [-0.2, -0.15) is 0 Å². The summed E-state index contributed by atoms with van der Waals surface area (Å²) in [6, 6.07) is 22.4. The van der Waals surface area contributed by atoms with Crippen molar-refractivity contribution in [2.24, 2.45) is 0 Å². The number of aromatic nitrogens is 3. The van der Waals surface area contributed by atoms with E-state index in [1.807, 2.05) is 54.6 Å². The van der Waals surface area contributed by atoms with Gasteiger partial charge in [0.25, 0.3) is 0 Å². The van der Waals surface area contributed by atoms with E-state index in [-0.39, 0.29) is 5.82 Å². The Bertz CT molecular complexity index is 1280. The van der Waals surface area contributed by atoms with Crippen LogP contribution in [0.2, 0.25) is 0 Å². The smallest absolute Gasteiger partial charge is 0.139 e. The average molecular weight is 418 g/mol. The minimum atomic E-state index is -0.296. The Labute approximate surface area is 163 Å². The van der Waals surface area contributed by atoms with Crippen molar-refractivity contribution in [1.82, 2.24) is 15.0 Å². The summed E-state index contributed by atoms with van der Waals surface area (Å²) in [5, 5.41) is 0.727. The second-order valence-electron chi connectivity index (χ2n) is 6.30. The lowest BCUT2D eigenvalue weighted by molar-refractivity contribution is 0.629. The van der Waals surface area contributed by atoms with Crippen LogP contribution in [0, 0.1) is 5.82 Å². The third-order valence-corrected chi connectivity index (χ3v) is 5.26. The lowest BCUT2D eigenvalue weighted by Gasteiger charge is -2.10. The summed E-state index contributed by atoms with van der Waals surface area (Å²) in [5.41, 5.74) is 5.13. The highest BCUT2D eigenvalue weighted by molar-refractivity contribution is 9.10. The van der Waals surface area contributed by atoms with Gasteiger partial charge in [-0.15, -0.1) is 0 Å². The highest BCUT2D eigenvalue weighted by atomic mass is 79.9. The summed E-state index contributed by atoms with van der Waals surface area (Å²) in [6.07, 6.45) is 0.